The number of anilines is 2. The maximum absolute atomic E-state index is 12.6. The van der Waals surface area contributed by atoms with Crippen molar-refractivity contribution in [3.05, 3.63) is 70.6 Å². The fourth-order valence-electron chi connectivity index (χ4n) is 3.65. The Hall–Kier alpha value is -3.81. The van der Waals surface area contributed by atoms with Crippen molar-refractivity contribution in [1.82, 2.24) is 4.90 Å². The molecule has 0 atom stereocenters. The lowest BCUT2D eigenvalue weighted by Crippen LogP contribution is -2.50. The molecular formula is C25H27N3O5. The zero-order valence-electron chi connectivity index (χ0n) is 19.0. The van der Waals surface area contributed by atoms with Crippen LogP contribution in [0, 0.1) is 0 Å². The minimum Gasteiger partial charge on any atom is -0.444 e. The number of nitrogens with zero attached hydrogens (tertiary/aromatic N) is 2. The Bertz CT molecular complexity index is 1220. The molecule has 4 rings (SSSR count). The highest BCUT2D eigenvalue weighted by molar-refractivity contribution is 6.05. The monoisotopic (exact) mass is 449 g/mol. The first kappa shape index (κ1) is 22.4. The number of rotatable bonds is 3. The van der Waals surface area contributed by atoms with Crippen LogP contribution >= 0.6 is 0 Å². The first-order valence-electron chi connectivity index (χ1n) is 10.9. The van der Waals surface area contributed by atoms with Crippen LogP contribution < -0.4 is 15.8 Å². The molecule has 0 radical (unpaired) electrons. The number of ether oxygens (including phenoxy) is 1. The van der Waals surface area contributed by atoms with Gasteiger partial charge in [-0.3, -0.25) is 4.79 Å². The summed E-state index contributed by atoms with van der Waals surface area (Å²) in [6, 6.07) is 16.0. The van der Waals surface area contributed by atoms with Gasteiger partial charge in [0.05, 0.1) is 0 Å². The predicted molar refractivity (Wildman–Crippen MR) is 127 cm³/mol. The molecule has 3 aromatic rings. The first-order valence-corrected chi connectivity index (χ1v) is 10.9. The third-order valence-electron chi connectivity index (χ3n) is 5.31. The molecule has 2 heterocycles. The van der Waals surface area contributed by atoms with E-state index >= 15 is 0 Å². The van der Waals surface area contributed by atoms with Crippen molar-refractivity contribution < 1.29 is 18.7 Å². The molecule has 1 fully saturated rings. The molecule has 0 spiro atoms. The van der Waals surface area contributed by atoms with Crippen LogP contribution in [0.4, 0.5) is 16.2 Å². The van der Waals surface area contributed by atoms with Gasteiger partial charge in [0.1, 0.15) is 16.7 Å². The van der Waals surface area contributed by atoms with E-state index in [1.54, 1.807) is 35.2 Å². The average molecular weight is 450 g/mol. The zero-order valence-corrected chi connectivity index (χ0v) is 19.0. The normalized spacial score (nSPS) is 14.3. The first-order chi connectivity index (χ1) is 15.7. The summed E-state index contributed by atoms with van der Waals surface area (Å²) in [4.78, 5) is 41.0. The minimum absolute atomic E-state index is 0.0453. The number of hydrogen-bond acceptors (Lipinski definition) is 6. The van der Waals surface area contributed by atoms with Crippen LogP contribution in [-0.2, 0) is 4.74 Å². The van der Waals surface area contributed by atoms with Crippen LogP contribution in [0.1, 0.15) is 31.1 Å². The van der Waals surface area contributed by atoms with Gasteiger partial charge in [0, 0.05) is 42.9 Å². The standard InChI is InChI=1S/C25H27N3O5/c1-25(2,3)33-24(31)28-14-12-27(13-15-28)19-10-8-18(9-11-19)26-22(29)20-16-17-6-4-5-7-21(17)32-23(20)30/h4-11,16H,12-15H2,1-3H3,(H,26,29). The topological polar surface area (TPSA) is 92.1 Å². The number of hydrogen-bond donors (Lipinski definition) is 1. The Balaban J connectivity index is 1.37. The smallest absolute Gasteiger partial charge is 0.410 e. The van der Waals surface area contributed by atoms with Gasteiger partial charge in [-0.1, -0.05) is 18.2 Å². The molecule has 0 unspecified atom stereocenters. The Morgan fingerprint density at radius 2 is 1.64 bits per heavy atom. The van der Waals surface area contributed by atoms with E-state index in [0.717, 1.165) is 5.69 Å². The van der Waals surface area contributed by atoms with Crippen LogP contribution in [0.5, 0.6) is 0 Å². The second-order valence-electron chi connectivity index (χ2n) is 8.94. The number of para-hydroxylation sites is 1. The second-order valence-corrected chi connectivity index (χ2v) is 8.94. The van der Waals surface area contributed by atoms with Crippen LogP contribution in [-0.4, -0.2) is 48.7 Å². The SMILES string of the molecule is CC(C)(C)OC(=O)N1CCN(c2ccc(NC(=O)c3cc4ccccc4oc3=O)cc2)CC1. The Morgan fingerprint density at radius 1 is 0.970 bits per heavy atom. The molecule has 33 heavy (non-hydrogen) atoms. The third kappa shape index (κ3) is 5.34. The maximum atomic E-state index is 12.6. The van der Waals surface area contributed by atoms with E-state index in [9.17, 15) is 14.4 Å². The summed E-state index contributed by atoms with van der Waals surface area (Å²) in [6.45, 7) is 8.08. The second kappa shape index (κ2) is 8.97. The lowest BCUT2D eigenvalue weighted by atomic mass is 10.1. The molecule has 1 aliphatic heterocycles. The molecule has 0 aliphatic carbocycles. The molecule has 1 aromatic heterocycles. The van der Waals surface area contributed by atoms with Gasteiger partial charge < -0.3 is 24.3 Å². The highest BCUT2D eigenvalue weighted by Crippen LogP contribution is 2.21. The van der Waals surface area contributed by atoms with Gasteiger partial charge in [0.15, 0.2) is 0 Å². The number of carbonyl (C=O) groups excluding carboxylic acids is 2. The van der Waals surface area contributed by atoms with Gasteiger partial charge in [-0.25, -0.2) is 9.59 Å². The zero-order chi connectivity index (χ0) is 23.6. The molecule has 8 nitrogen and oxygen atoms in total. The Kier molecular flexibility index (Phi) is 6.09. The molecule has 1 saturated heterocycles. The van der Waals surface area contributed by atoms with Gasteiger partial charge in [-0.15, -0.1) is 0 Å². The van der Waals surface area contributed by atoms with E-state index in [2.05, 4.69) is 10.2 Å². The van der Waals surface area contributed by atoms with Gasteiger partial charge in [0.2, 0.25) is 0 Å². The van der Waals surface area contributed by atoms with Crippen molar-refractivity contribution in [3.63, 3.8) is 0 Å². The van der Waals surface area contributed by atoms with Crippen LogP contribution in [0.2, 0.25) is 0 Å². The van der Waals surface area contributed by atoms with Crippen molar-refractivity contribution in [2.24, 2.45) is 0 Å². The van der Waals surface area contributed by atoms with Crippen LogP contribution in [0.25, 0.3) is 11.0 Å². The molecule has 1 N–H and O–H groups in total. The van der Waals surface area contributed by atoms with Crippen molar-refractivity contribution in [2.75, 3.05) is 36.4 Å². The Morgan fingerprint density at radius 3 is 2.30 bits per heavy atom. The number of fused-ring (bicyclic) bond motifs is 1. The lowest BCUT2D eigenvalue weighted by molar-refractivity contribution is 0.0240. The quantitative estimate of drug-likeness (QED) is 0.605. The molecule has 1 aliphatic rings. The summed E-state index contributed by atoms with van der Waals surface area (Å²) in [7, 11) is 0. The van der Waals surface area contributed by atoms with Gasteiger partial charge >= 0.3 is 11.7 Å². The van der Waals surface area contributed by atoms with E-state index in [-0.39, 0.29) is 11.7 Å². The number of carbonyl (C=O) groups is 2. The van der Waals surface area contributed by atoms with Crippen LogP contribution in [0.15, 0.2) is 63.8 Å². The molecule has 172 valence electrons. The highest BCUT2D eigenvalue weighted by atomic mass is 16.6. The van der Waals surface area contributed by atoms with E-state index in [1.165, 1.54) is 6.07 Å². The minimum atomic E-state index is -0.675. The fraction of sp³-hybridized carbons (Fsp3) is 0.320. The van der Waals surface area contributed by atoms with Crippen molar-refractivity contribution in [1.29, 1.82) is 0 Å². The number of nitrogens with one attached hydrogen (secondary N) is 1. The number of amides is 2. The highest BCUT2D eigenvalue weighted by Gasteiger charge is 2.26. The van der Waals surface area contributed by atoms with E-state index < -0.39 is 17.1 Å². The van der Waals surface area contributed by atoms with Gasteiger partial charge in [0.25, 0.3) is 5.91 Å². The van der Waals surface area contributed by atoms with Crippen molar-refractivity contribution >= 4 is 34.3 Å². The average Bonchev–Trinajstić information content (AvgIpc) is 2.78. The summed E-state index contributed by atoms with van der Waals surface area (Å²) in [5, 5.41) is 3.43. The molecule has 8 heteroatoms. The maximum Gasteiger partial charge on any atom is 0.410 e. The van der Waals surface area contributed by atoms with E-state index in [0.29, 0.717) is 42.8 Å². The van der Waals surface area contributed by atoms with Crippen LogP contribution in [0.3, 0.4) is 0 Å². The summed E-state index contributed by atoms with van der Waals surface area (Å²) in [5.74, 6) is -0.520. The number of piperazine rings is 1. The summed E-state index contributed by atoms with van der Waals surface area (Å²) in [5.41, 5.74) is 0.769. The van der Waals surface area contributed by atoms with Gasteiger partial charge in [-0.05, 0) is 57.2 Å². The summed E-state index contributed by atoms with van der Waals surface area (Å²) >= 11 is 0. The Labute approximate surface area is 191 Å². The third-order valence-corrected chi connectivity index (χ3v) is 5.31. The van der Waals surface area contributed by atoms with Crippen molar-refractivity contribution in [2.45, 2.75) is 26.4 Å². The fourth-order valence-corrected chi connectivity index (χ4v) is 3.65. The van der Waals surface area contributed by atoms with E-state index in [4.69, 9.17) is 9.15 Å². The predicted octanol–water partition coefficient (Wildman–Crippen LogP) is 4.10. The molecular weight excluding hydrogens is 422 g/mol. The summed E-state index contributed by atoms with van der Waals surface area (Å²) < 4.78 is 10.7. The number of benzene rings is 2. The molecule has 0 saturated carbocycles. The lowest BCUT2D eigenvalue weighted by Gasteiger charge is -2.36. The van der Waals surface area contributed by atoms with E-state index in [1.807, 2.05) is 39.0 Å². The summed E-state index contributed by atoms with van der Waals surface area (Å²) in [6.07, 6.45) is -0.293. The van der Waals surface area contributed by atoms with Crippen molar-refractivity contribution in [3.8, 4) is 0 Å². The largest absolute Gasteiger partial charge is 0.444 e. The molecule has 2 aromatic carbocycles. The molecule has 2 amide bonds. The molecule has 0 bridgehead atoms. The van der Waals surface area contributed by atoms with Gasteiger partial charge in [-0.2, -0.15) is 0 Å².